The number of phenols is 2. The molecule has 0 amide bonds. The van der Waals surface area contributed by atoms with Crippen LogP contribution in [0, 0.1) is 0 Å². The first-order chi connectivity index (χ1) is 12.4. The molecular weight excluding hydrogens is 344 g/mol. The van der Waals surface area contributed by atoms with Gasteiger partial charge in [-0.15, -0.1) is 0 Å². The molecule has 1 heterocycles. The van der Waals surface area contributed by atoms with Gasteiger partial charge in [-0.3, -0.25) is 4.79 Å². The summed E-state index contributed by atoms with van der Waals surface area (Å²) in [5.74, 6) is -1.69. The highest BCUT2D eigenvalue weighted by molar-refractivity contribution is 6.08. The average Bonchev–Trinajstić information content (AvgIpc) is 2.62. The van der Waals surface area contributed by atoms with Crippen molar-refractivity contribution in [2.24, 2.45) is 0 Å². The molecule has 0 bridgehead atoms. The van der Waals surface area contributed by atoms with Crippen molar-refractivity contribution in [3.05, 3.63) is 45.6 Å². The van der Waals surface area contributed by atoms with Crippen molar-refractivity contribution >= 4 is 27.9 Å². The van der Waals surface area contributed by atoms with E-state index in [0.29, 0.717) is 5.56 Å². The quantitative estimate of drug-likeness (QED) is 0.414. The third-order valence-electron chi connectivity index (χ3n) is 4.01. The van der Waals surface area contributed by atoms with Gasteiger partial charge in [0.05, 0.1) is 12.5 Å². The smallest absolute Gasteiger partial charge is 0.342 e. The lowest BCUT2D eigenvalue weighted by Gasteiger charge is -2.15. The van der Waals surface area contributed by atoms with Crippen LogP contribution >= 0.6 is 0 Å². The number of methoxy groups -OCH3 is 3. The number of hydrogen-bond acceptors (Lipinski definition) is 8. The van der Waals surface area contributed by atoms with Crippen molar-refractivity contribution in [3.63, 3.8) is 0 Å². The molecule has 0 unspecified atom stereocenters. The Balaban J connectivity index is 2.43. The molecule has 8 nitrogen and oxygen atoms in total. The minimum Gasteiger partial charge on any atom is -0.507 e. The molecule has 0 spiro atoms. The van der Waals surface area contributed by atoms with Gasteiger partial charge in [0.15, 0.2) is 6.29 Å². The molecule has 8 heteroatoms. The predicted molar refractivity (Wildman–Crippen MR) is 91.4 cm³/mol. The van der Waals surface area contributed by atoms with E-state index >= 15 is 0 Å². The number of ether oxygens (including phenoxy) is 3. The fraction of sp³-hybridized carbons (Fsp3) is 0.222. The molecule has 3 aromatic rings. The van der Waals surface area contributed by atoms with Gasteiger partial charge in [0.1, 0.15) is 33.6 Å². The van der Waals surface area contributed by atoms with Gasteiger partial charge in [-0.05, 0) is 24.3 Å². The Morgan fingerprint density at radius 1 is 1.00 bits per heavy atom. The zero-order valence-corrected chi connectivity index (χ0v) is 14.2. The number of hydrogen-bond donors (Lipinski definition) is 2. The van der Waals surface area contributed by atoms with Crippen molar-refractivity contribution in [1.82, 2.24) is 0 Å². The average molecular weight is 360 g/mol. The van der Waals surface area contributed by atoms with Crippen LogP contribution in [-0.2, 0) is 14.2 Å². The van der Waals surface area contributed by atoms with Crippen LogP contribution in [0.1, 0.15) is 22.2 Å². The maximum absolute atomic E-state index is 12.9. The van der Waals surface area contributed by atoms with E-state index in [1.807, 2.05) is 0 Å². The van der Waals surface area contributed by atoms with Gasteiger partial charge >= 0.3 is 5.97 Å². The molecule has 0 radical (unpaired) electrons. The maximum Gasteiger partial charge on any atom is 0.342 e. The lowest BCUT2D eigenvalue weighted by Crippen LogP contribution is -2.11. The van der Waals surface area contributed by atoms with Crippen molar-refractivity contribution in [1.29, 1.82) is 0 Å². The van der Waals surface area contributed by atoms with Gasteiger partial charge in [0.25, 0.3) is 0 Å². The van der Waals surface area contributed by atoms with Gasteiger partial charge in [0.2, 0.25) is 5.43 Å². The largest absolute Gasteiger partial charge is 0.507 e. The van der Waals surface area contributed by atoms with E-state index in [9.17, 15) is 19.8 Å². The molecule has 1 aromatic heterocycles. The molecule has 2 N–H and O–H groups in total. The molecule has 0 aliphatic heterocycles. The first-order valence-electron chi connectivity index (χ1n) is 7.52. The number of carbonyl (C=O) groups excluding carboxylic acids is 1. The van der Waals surface area contributed by atoms with E-state index in [1.54, 1.807) is 0 Å². The Labute approximate surface area is 147 Å². The standard InChI is InChI=1S/C18H16O8/c1-23-17(22)14-9(19)4-5-11-15(14)16(21)13-10(20)6-8(7-12(13)26-11)18(24-2)25-3/h4-7,18-20H,1-3H3. The predicted octanol–water partition coefficient (Wildman–Crippen LogP) is 2.44. The summed E-state index contributed by atoms with van der Waals surface area (Å²) >= 11 is 0. The second-order valence-corrected chi connectivity index (χ2v) is 5.47. The van der Waals surface area contributed by atoms with Crippen molar-refractivity contribution in [2.75, 3.05) is 21.3 Å². The first kappa shape index (κ1) is 17.7. The third-order valence-corrected chi connectivity index (χ3v) is 4.01. The van der Waals surface area contributed by atoms with Crippen LogP contribution in [0.2, 0.25) is 0 Å². The second kappa shape index (κ2) is 6.66. The summed E-state index contributed by atoms with van der Waals surface area (Å²) in [7, 11) is 3.98. The van der Waals surface area contributed by atoms with Gasteiger partial charge in [0, 0.05) is 19.8 Å². The monoisotopic (exact) mass is 360 g/mol. The summed E-state index contributed by atoms with van der Waals surface area (Å²) in [6.07, 6.45) is -0.767. The summed E-state index contributed by atoms with van der Waals surface area (Å²) in [6.45, 7) is 0. The van der Waals surface area contributed by atoms with Crippen molar-refractivity contribution in [3.8, 4) is 11.5 Å². The number of rotatable bonds is 4. The highest BCUT2D eigenvalue weighted by atomic mass is 16.7. The number of carbonyl (C=O) groups is 1. The summed E-state index contributed by atoms with van der Waals surface area (Å²) in [5.41, 5.74) is -0.417. The van der Waals surface area contributed by atoms with E-state index in [-0.39, 0.29) is 33.3 Å². The molecular formula is C18H16O8. The SMILES string of the molecule is COC(=O)c1c(O)ccc2oc3cc(C(OC)OC)cc(O)c3c(=O)c12. The fourth-order valence-corrected chi connectivity index (χ4v) is 2.87. The lowest BCUT2D eigenvalue weighted by molar-refractivity contribution is -0.106. The minimum atomic E-state index is -0.894. The van der Waals surface area contributed by atoms with Crippen LogP contribution in [0.15, 0.2) is 33.5 Å². The van der Waals surface area contributed by atoms with Crippen LogP contribution in [0.4, 0.5) is 0 Å². The zero-order valence-electron chi connectivity index (χ0n) is 14.2. The van der Waals surface area contributed by atoms with Crippen LogP contribution in [0.5, 0.6) is 11.5 Å². The Bertz CT molecular complexity index is 1060. The van der Waals surface area contributed by atoms with Crippen molar-refractivity contribution in [2.45, 2.75) is 6.29 Å². The minimum absolute atomic E-state index is 0.0589. The Hall–Kier alpha value is -3.10. The highest BCUT2D eigenvalue weighted by Gasteiger charge is 2.23. The maximum atomic E-state index is 12.9. The van der Waals surface area contributed by atoms with Gasteiger partial charge in [-0.2, -0.15) is 0 Å². The number of fused-ring (bicyclic) bond motifs is 2. The van der Waals surface area contributed by atoms with Crippen molar-refractivity contribution < 1.29 is 33.6 Å². The number of aromatic hydroxyl groups is 2. The Kier molecular flexibility index (Phi) is 4.54. The van der Waals surface area contributed by atoms with E-state index in [1.165, 1.54) is 38.5 Å². The summed E-state index contributed by atoms with van der Waals surface area (Å²) in [4.78, 5) is 24.9. The number of phenolic OH excluding ortho intramolecular Hbond substituents is 2. The molecule has 0 aliphatic carbocycles. The van der Waals surface area contributed by atoms with E-state index in [0.717, 1.165) is 7.11 Å². The molecule has 0 saturated heterocycles. The van der Waals surface area contributed by atoms with Crippen LogP contribution in [0.3, 0.4) is 0 Å². The molecule has 3 rings (SSSR count). The lowest BCUT2D eigenvalue weighted by atomic mass is 10.0. The molecule has 2 aromatic carbocycles. The van der Waals surface area contributed by atoms with Gasteiger partial charge < -0.3 is 28.8 Å². The molecule has 0 fully saturated rings. The van der Waals surface area contributed by atoms with Crippen LogP contribution < -0.4 is 5.43 Å². The summed E-state index contributed by atoms with van der Waals surface area (Å²) < 4.78 is 20.6. The Morgan fingerprint density at radius 3 is 2.31 bits per heavy atom. The number of benzene rings is 2. The summed E-state index contributed by atoms with van der Waals surface area (Å²) in [5, 5.41) is 20.0. The zero-order chi connectivity index (χ0) is 19.0. The van der Waals surface area contributed by atoms with E-state index in [2.05, 4.69) is 4.74 Å². The van der Waals surface area contributed by atoms with Gasteiger partial charge in [-0.1, -0.05) is 0 Å². The first-order valence-corrected chi connectivity index (χ1v) is 7.52. The molecule has 0 aliphatic rings. The molecule has 0 saturated carbocycles. The van der Waals surface area contributed by atoms with Crippen LogP contribution in [-0.4, -0.2) is 37.5 Å². The normalized spacial score (nSPS) is 11.4. The highest BCUT2D eigenvalue weighted by Crippen LogP contribution is 2.33. The molecule has 26 heavy (non-hydrogen) atoms. The van der Waals surface area contributed by atoms with E-state index < -0.39 is 23.4 Å². The third kappa shape index (κ3) is 2.65. The molecule has 136 valence electrons. The molecule has 0 atom stereocenters. The topological polar surface area (TPSA) is 115 Å². The van der Waals surface area contributed by atoms with E-state index in [4.69, 9.17) is 13.9 Å². The summed E-state index contributed by atoms with van der Waals surface area (Å²) in [6, 6.07) is 5.38. The second-order valence-electron chi connectivity index (χ2n) is 5.47. The Morgan fingerprint density at radius 2 is 1.69 bits per heavy atom. The van der Waals surface area contributed by atoms with Crippen LogP contribution in [0.25, 0.3) is 21.9 Å². The fourth-order valence-electron chi connectivity index (χ4n) is 2.87. The van der Waals surface area contributed by atoms with Gasteiger partial charge in [-0.25, -0.2) is 4.79 Å². The number of esters is 1.